The van der Waals surface area contributed by atoms with Gasteiger partial charge in [-0.15, -0.1) is 0 Å². The van der Waals surface area contributed by atoms with Crippen molar-refractivity contribution in [1.29, 1.82) is 0 Å². The zero-order valence-corrected chi connectivity index (χ0v) is 20.8. The summed E-state index contributed by atoms with van der Waals surface area (Å²) in [5, 5.41) is 3.04. The third-order valence-electron chi connectivity index (χ3n) is 6.84. The van der Waals surface area contributed by atoms with Gasteiger partial charge >= 0.3 is 0 Å². The monoisotopic (exact) mass is 490 g/mol. The highest BCUT2D eigenvalue weighted by atomic mass is 32.2. The van der Waals surface area contributed by atoms with Crippen molar-refractivity contribution in [3.63, 3.8) is 0 Å². The molecule has 3 aromatic rings. The molecule has 1 aliphatic carbocycles. The van der Waals surface area contributed by atoms with Crippen molar-refractivity contribution in [3.05, 3.63) is 89.0 Å². The molecule has 0 aromatic heterocycles. The Morgan fingerprint density at radius 1 is 1.00 bits per heavy atom. The number of benzene rings is 3. The van der Waals surface area contributed by atoms with E-state index in [1.54, 1.807) is 42.5 Å². The predicted molar refractivity (Wildman–Crippen MR) is 136 cm³/mol. The normalized spacial score (nSPS) is 18.1. The maximum Gasteiger partial charge on any atom is 0.264 e. The number of carbonyl (C=O) groups is 1. The number of hydrogen-bond acceptors (Lipinski definition) is 4. The van der Waals surface area contributed by atoms with Crippen LogP contribution >= 0.6 is 0 Å². The van der Waals surface area contributed by atoms with Crippen LogP contribution in [0, 0.1) is 6.92 Å². The van der Waals surface area contributed by atoms with Gasteiger partial charge in [0.25, 0.3) is 15.9 Å². The van der Waals surface area contributed by atoms with Gasteiger partial charge in [-0.1, -0.05) is 42.5 Å². The topological polar surface area (TPSA) is 75.7 Å². The molecular formula is C28H30N2O4S. The average molecular weight is 491 g/mol. The molecule has 0 radical (unpaired) electrons. The van der Waals surface area contributed by atoms with Crippen LogP contribution in [0.25, 0.3) is 0 Å². The average Bonchev–Trinajstić information content (AvgIpc) is 2.87. The van der Waals surface area contributed by atoms with Gasteiger partial charge in [0.1, 0.15) is 5.75 Å². The molecular weight excluding hydrogens is 460 g/mol. The maximum atomic E-state index is 13.5. The van der Waals surface area contributed by atoms with Crippen LogP contribution in [0.5, 0.6) is 5.75 Å². The zero-order valence-electron chi connectivity index (χ0n) is 20.0. The van der Waals surface area contributed by atoms with Gasteiger partial charge in [-0.25, -0.2) is 8.42 Å². The van der Waals surface area contributed by atoms with Gasteiger partial charge in [0.2, 0.25) is 0 Å². The Labute approximate surface area is 207 Å². The van der Waals surface area contributed by atoms with Crippen LogP contribution in [0.4, 0.5) is 5.69 Å². The van der Waals surface area contributed by atoms with Gasteiger partial charge in [-0.3, -0.25) is 9.10 Å². The summed E-state index contributed by atoms with van der Waals surface area (Å²) in [5.74, 6) is 0.0491. The number of anilines is 1. The molecule has 35 heavy (non-hydrogen) atoms. The number of nitrogens with one attached hydrogen (secondary N) is 1. The van der Waals surface area contributed by atoms with Crippen LogP contribution in [-0.4, -0.2) is 27.0 Å². The number of aryl methyl sites for hydroxylation is 3. The molecule has 0 unspecified atom stereocenters. The minimum absolute atomic E-state index is 0.101. The first-order chi connectivity index (χ1) is 16.8. The lowest BCUT2D eigenvalue weighted by atomic mass is 9.89. The highest BCUT2D eigenvalue weighted by Crippen LogP contribution is 2.38. The predicted octanol–water partition coefficient (Wildman–Crippen LogP) is 4.71. The molecule has 0 saturated carbocycles. The summed E-state index contributed by atoms with van der Waals surface area (Å²) in [4.78, 5) is 13.5. The van der Waals surface area contributed by atoms with Crippen LogP contribution < -0.4 is 14.4 Å². The Morgan fingerprint density at radius 3 is 2.51 bits per heavy atom. The van der Waals surface area contributed by atoms with Crippen molar-refractivity contribution in [2.75, 3.05) is 10.8 Å². The number of hydrogen-bond donors (Lipinski definition) is 1. The fourth-order valence-corrected chi connectivity index (χ4v) is 6.35. The minimum atomic E-state index is -3.87. The summed E-state index contributed by atoms with van der Waals surface area (Å²) in [6.45, 7) is 3.75. The molecule has 1 amide bonds. The highest BCUT2D eigenvalue weighted by molar-refractivity contribution is 7.92. The fraction of sp³-hybridized carbons (Fsp3) is 0.321. The lowest BCUT2D eigenvalue weighted by Crippen LogP contribution is -2.51. The van der Waals surface area contributed by atoms with E-state index in [0.717, 1.165) is 24.0 Å². The Balaban J connectivity index is 1.40. The van der Waals surface area contributed by atoms with E-state index in [9.17, 15) is 13.2 Å². The van der Waals surface area contributed by atoms with Crippen molar-refractivity contribution in [1.82, 2.24) is 5.32 Å². The van der Waals surface area contributed by atoms with Gasteiger partial charge in [-0.2, -0.15) is 0 Å². The van der Waals surface area contributed by atoms with E-state index < -0.39 is 16.1 Å². The number of amides is 1. The van der Waals surface area contributed by atoms with E-state index >= 15 is 0 Å². The van der Waals surface area contributed by atoms with Crippen molar-refractivity contribution in [3.8, 4) is 5.75 Å². The molecule has 2 atom stereocenters. The van der Waals surface area contributed by atoms with Gasteiger partial charge in [0, 0.05) is 0 Å². The molecule has 7 heteroatoms. The summed E-state index contributed by atoms with van der Waals surface area (Å²) in [6.07, 6.45) is 3.62. The minimum Gasteiger partial charge on any atom is -0.476 e. The van der Waals surface area contributed by atoms with Crippen LogP contribution in [0.15, 0.2) is 71.6 Å². The summed E-state index contributed by atoms with van der Waals surface area (Å²) >= 11 is 0. The summed E-state index contributed by atoms with van der Waals surface area (Å²) in [7, 11) is -3.87. The molecule has 0 spiro atoms. The van der Waals surface area contributed by atoms with E-state index in [2.05, 4.69) is 23.5 Å². The SMILES string of the molecule is Cc1ccc2c(c1)O[C@H](C(=O)N[C@@H](C)c1ccc3c(c1)CCCC3)CN2S(=O)(=O)c1ccccc1. The largest absolute Gasteiger partial charge is 0.476 e. The molecule has 6 nitrogen and oxygen atoms in total. The number of ether oxygens (including phenoxy) is 1. The Morgan fingerprint density at radius 2 is 1.74 bits per heavy atom. The number of rotatable bonds is 5. The van der Waals surface area contributed by atoms with Crippen molar-refractivity contribution in [2.45, 2.75) is 56.6 Å². The van der Waals surface area contributed by atoms with Crippen molar-refractivity contribution >= 4 is 21.6 Å². The molecule has 0 fully saturated rings. The molecule has 2 aliphatic rings. The highest BCUT2D eigenvalue weighted by Gasteiger charge is 2.38. The van der Waals surface area contributed by atoms with Gasteiger partial charge in [0.15, 0.2) is 6.10 Å². The van der Waals surface area contributed by atoms with E-state index in [1.807, 2.05) is 19.9 Å². The Bertz CT molecular complexity index is 1350. The standard InChI is InChI=1S/C28H30N2O4S/c1-19-12-15-25-26(16-19)34-27(18-30(25)35(32,33)24-10-4-3-5-11-24)28(31)29-20(2)22-14-13-21-8-6-7-9-23(21)17-22/h3-5,10-17,20,27H,6-9,18H2,1-2H3,(H,29,31)/t20-,27-/m0/s1. The number of nitrogens with zero attached hydrogens (tertiary/aromatic N) is 1. The first-order valence-electron chi connectivity index (χ1n) is 12.1. The number of sulfonamides is 1. The van der Waals surface area contributed by atoms with Gasteiger partial charge in [0.05, 0.1) is 23.2 Å². The van der Waals surface area contributed by atoms with Gasteiger partial charge < -0.3 is 10.1 Å². The van der Waals surface area contributed by atoms with Crippen molar-refractivity contribution in [2.24, 2.45) is 0 Å². The maximum absolute atomic E-state index is 13.5. The third kappa shape index (κ3) is 4.65. The zero-order chi connectivity index (χ0) is 24.6. The Hall–Kier alpha value is -3.32. The quantitative estimate of drug-likeness (QED) is 0.562. The van der Waals surface area contributed by atoms with Gasteiger partial charge in [-0.05, 0) is 86.1 Å². The third-order valence-corrected chi connectivity index (χ3v) is 8.63. The number of fused-ring (bicyclic) bond motifs is 2. The fourth-order valence-electron chi connectivity index (χ4n) is 4.86. The molecule has 182 valence electrons. The van der Waals surface area contributed by atoms with Crippen LogP contribution in [0.1, 0.15) is 48.1 Å². The second-order valence-corrected chi connectivity index (χ2v) is 11.3. The van der Waals surface area contributed by atoms with E-state index in [0.29, 0.717) is 11.4 Å². The first-order valence-corrected chi connectivity index (χ1v) is 13.5. The first kappa shape index (κ1) is 23.4. The van der Waals surface area contributed by atoms with Crippen LogP contribution in [0.2, 0.25) is 0 Å². The molecule has 5 rings (SSSR count). The second-order valence-electron chi connectivity index (χ2n) is 9.39. The van der Waals surface area contributed by atoms with Crippen LogP contribution in [-0.2, 0) is 27.7 Å². The lowest BCUT2D eigenvalue weighted by molar-refractivity contribution is -0.128. The van der Waals surface area contributed by atoms with E-state index in [1.165, 1.54) is 28.3 Å². The molecule has 1 N–H and O–H groups in total. The molecule has 1 heterocycles. The molecule has 1 aliphatic heterocycles. The summed E-state index contributed by atoms with van der Waals surface area (Å²) in [6, 6.07) is 19.8. The molecule has 0 bridgehead atoms. The second kappa shape index (κ2) is 9.38. The summed E-state index contributed by atoms with van der Waals surface area (Å²) < 4.78 is 34.4. The smallest absolute Gasteiger partial charge is 0.264 e. The van der Waals surface area contributed by atoms with Crippen molar-refractivity contribution < 1.29 is 17.9 Å². The Kier molecular flexibility index (Phi) is 6.28. The summed E-state index contributed by atoms with van der Waals surface area (Å²) in [5.41, 5.74) is 5.14. The van der Waals surface area contributed by atoms with Crippen LogP contribution in [0.3, 0.4) is 0 Å². The van der Waals surface area contributed by atoms with E-state index in [4.69, 9.17) is 4.74 Å². The molecule has 0 saturated heterocycles. The number of carbonyl (C=O) groups excluding carboxylic acids is 1. The van der Waals surface area contributed by atoms with E-state index in [-0.39, 0.29) is 23.4 Å². The lowest BCUT2D eigenvalue weighted by Gasteiger charge is -2.35. The molecule has 3 aromatic carbocycles.